The average Bonchev–Trinajstić information content (AvgIpc) is 2.35. The number of rotatable bonds is 2. The maximum atomic E-state index is 5.43. The van der Waals surface area contributed by atoms with Gasteiger partial charge in [0.1, 0.15) is 0 Å². The van der Waals surface area contributed by atoms with Crippen LogP contribution < -0.4 is 5.73 Å². The molecule has 0 unspecified atom stereocenters. The molecule has 0 spiro atoms. The molecule has 0 aromatic carbocycles. The summed E-state index contributed by atoms with van der Waals surface area (Å²) in [4.78, 5) is 4.29. The molecular formula is C8H12N2S. The maximum absolute atomic E-state index is 5.43. The number of thiazole rings is 1. The molecule has 0 aliphatic rings. The zero-order valence-corrected chi connectivity index (χ0v) is 7.61. The van der Waals surface area contributed by atoms with Gasteiger partial charge in [0.05, 0.1) is 10.7 Å². The van der Waals surface area contributed by atoms with E-state index in [-0.39, 0.29) is 0 Å². The van der Waals surface area contributed by atoms with Gasteiger partial charge in [-0.1, -0.05) is 5.57 Å². The maximum Gasteiger partial charge on any atom is 0.0901 e. The molecule has 0 aliphatic heterocycles. The van der Waals surface area contributed by atoms with Crippen LogP contribution in [0.2, 0.25) is 0 Å². The van der Waals surface area contributed by atoms with Crippen LogP contribution in [-0.2, 0) is 0 Å². The van der Waals surface area contributed by atoms with Crippen molar-refractivity contribution in [2.45, 2.75) is 13.8 Å². The highest BCUT2D eigenvalue weighted by molar-refractivity contribution is 7.09. The summed E-state index contributed by atoms with van der Waals surface area (Å²) in [6.07, 6.45) is 2.02. The van der Waals surface area contributed by atoms with E-state index in [0.717, 1.165) is 16.3 Å². The van der Waals surface area contributed by atoms with Crippen LogP contribution >= 0.6 is 11.3 Å². The summed E-state index contributed by atoms with van der Waals surface area (Å²) in [6, 6.07) is 0. The lowest BCUT2D eigenvalue weighted by Crippen LogP contribution is -1.99. The van der Waals surface area contributed by atoms with Gasteiger partial charge in [0, 0.05) is 11.9 Å². The SMILES string of the molecule is CC(=Cc1csc(C)n1)CN. The fraction of sp³-hybridized carbons (Fsp3) is 0.375. The van der Waals surface area contributed by atoms with E-state index in [9.17, 15) is 0 Å². The number of nitrogens with zero attached hydrogens (tertiary/aromatic N) is 1. The molecule has 60 valence electrons. The zero-order chi connectivity index (χ0) is 8.27. The lowest BCUT2D eigenvalue weighted by Gasteiger charge is -1.90. The highest BCUT2D eigenvalue weighted by Crippen LogP contribution is 2.10. The van der Waals surface area contributed by atoms with Crippen molar-refractivity contribution >= 4 is 17.4 Å². The molecule has 0 radical (unpaired) electrons. The molecule has 0 saturated carbocycles. The van der Waals surface area contributed by atoms with E-state index in [1.807, 2.05) is 25.3 Å². The van der Waals surface area contributed by atoms with Crippen molar-refractivity contribution in [2.24, 2.45) is 5.73 Å². The van der Waals surface area contributed by atoms with E-state index >= 15 is 0 Å². The highest BCUT2D eigenvalue weighted by Gasteiger charge is 1.93. The third-order valence-electron chi connectivity index (χ3n) is 1.35. The van der Waals surface area contributed by atoms with Gasteiger partial charge in [-0.2, -0.15) is 0 Å². The van der Waals surface area contributed by atoms with E-state index in [0.29, 0.717) is 6.54 Å². The van der Waals surface area contributed by atoms with Gasteiger partial charge >= 0.3 is 0 Å². The summed E-state index contributed by atoms with van der Waals surface area (Å²) in [7, 11) is 0. The lowest BCUT2D eigenvalue weighted by atomic mass is 10.2. The van der Waals surface area contributed by atoms with Gasteiger partial charge in [-0.25, -0.2) is 4.98 Å². The molecule has 0 atom stereocenters. The lowest BCUT2D eigenvalue weighted by molar-refractivity contribution is 1.15. The van der Waals surface area contributed by atoms with Gasteiger partial charge in [-0.15, -0.1) is 11.3 Å². The Bertz CT molecular complexity index is 263. The smallest absolute Gasteiger partial charge is 0.0901 e. The predicted octanol–water partition coefficient (Wildman–Crippen LogP) is 1.81. The minimum atomic E-state index is 0.608. The number of hydrogen-bond acceptors (Lipinski definition) is 3. The summed E-state index contributed by atoms with van der Waals surface area (Å²) in [5, 5.41) is 3.13. The second-order valence-corrected chi connectivity index (χ2v) is 3.55. The van der Waals surface area contributed by atoms with Crippen molar-refractivity contribution in [3.63, 3.8) is 0 Å². The first-order valence-corrected chi connectivity index (χ1v) is 4.39. The number of nitrogens with two attached hydrogens (primary N) is 1. The van der Waals surface area contributed by atoms with Gasteiger partial charge in [-0.3, -0.25) is 0 Å². The fourth-order valence-corrected chi connectivity index (χ4v) is 1.33. The van der Waals surface area contributed by atoms with Gasteiger partial charge in [0.2, 0.25) is 0 Å². The molecule has 2 N–H and O–H groups in total. The van der Waals surface area contributed by atoms with Crippen LogP contribution in [0.3, 0.4) is 0 Å². The van der Waals surface area contributed by atoms with Crippen molar-refractivity contribution in [1.29, 1.82) is 0 Å². The summed E-state index contributed by atoms with van der Waals surface area (Å²) in [6.45, 7) is 4.62. The summed E-state index contributed by atoms with van der Waals surface area (Å²) in [5.74, 6) is 0. The molecule has 0 amide bonds. The molecule has 1 aromatic rings. The Labute approximate surface area is 70.8 Å². The van der Waals surface area contributed by atoms with Gasteiger partial charge in [0.15, 0.2) is 0 Å². The predicted molar refractivity (Wildman–Crippen MR) is 49.6 cm³/mol. The first-order chi connectivity index (χ1) is 5.22. The molecule has 1 aromatic heterocycles. The molecule has 1 rings (SSSR count). The summed E-state index contributed by atoms with van der Waals surface area (Å²) >= 11 is 1.66. The van der Waals surface area contributed by atoms with Crippen LogP contribution in [0.4, 0.5) is 0 Å². The third kappa shape index (κ3) is 2.44. The Morgan fingerprint density at radius 1 is 1.82 bits per heavy atom. The van der Waals surface area contributed by atoms with Crippen LogP contribution in [0.15, 0.2) is 11.0 Å². The quantitative estimate of drug-likeness (QED) is 0.731. The van der Waals surface area contributed by atoms with Gasteiger partial charge < -0.3 is 5.73 Å². The van der Waals surface area contributed by atoms with Crippen molar-refractivity contribution in [2.75, 3.05) is 6.54 Å². The van der Waals surface area contributed by atoms with E-state index < -0.39 is 0 Å². The number of hydrogen-bond donors (Lipinski definition) is 1. The minimum absolute atomic E-state index is 0.608. The molecule has 2 nitrogen and oxygen atoms in total. The molecule has 0 aliphatic carbocycles. The Morgan fingerprint density at radius 2 is 2.55 bits per heavy atom. The fourth-order valence-electron chi connectivity index (χ4n) is 0.758. The van der Waals surface area contributed by atoms with Crippen LogP contribution in [0.5, 0.6) is 0 Å². The standard InChI is InChI=1S/C8H12N2S/c1-6(4-9)3-8-5-11-7(2)10-8/h3,5H,4,9H2,1-2H3. The summed E-state index contributed by atoms with van der Waals surface area (Å²) in [5.41, 5.74) is 7.62. The van der Waals surface area contributed by atoms with Gasteiger partial charge in [-0.05, 0) is 19.9 Å². The van der Waals surface area contributed by atoms with E-state index in [2.05, 4.69) is 4.98 Å². The van der Waals surface area contributed by atoms with Crippen molar-refractivity contribution < 1.29 is 0 Å². The number of aryl methyl sites for hydroxylation is 1. The third-order valence-corrected chi connectivity index (χ3v) is 2.14. The topological polar surface area (TPSA) is 38.9 Å². The molecule has 1 heterocycles. The average molecular weight is 168 g/mol. The zero-order valence-electron chi connectivity index (χ0n) is 6.79. The molecule has 0 bridgehead atoms. The van der Waals surface area contributed by atoms with E-state index in [1.54, 1.807) is 11.3 Å². The number of aromatic nitrogens is 1. The largest absolute Gasteiger partial charge is 0.327 e. The van der Waals surface area contributed by atoms with Crippen LogP contribution in [0.25, 0.3) is 6.08 Å². The van der Waals surface area contributed by atoms with Crippen LogP contribution in [0, 0.1) is 6.92 Å². The normalized spacial score (nSPS) is 12.1. The van der Waals surface area contributed by atoms with E-state index in [1.165, 1.54) is 0 Å². The van der Waals surface area contributed by atoms with Gasteiger partial charge in [0.25, 0.3) is 0 Å². The molecule has 0 fully saturated rings. The van der Waals surface area contributed by atoms with Crippen LogP contribution in [0.1, 0.15) is 17.6 Å². The second kappa shape index (κ2) is 3.64. The van der Waals surface area contributed by atoms with Crippen molar-refractivity contribution in [3.05, 3.63) is 21.7 Å². The molecule has 3 heteroatoms. The van der Waals surface area contributed by atoms with Crippen LogP contribution in [-0.4, -0.2) is 11.5 Å². The first-order valence-electron chi connectivity index (χ1n) is 3.51. The highest BCUT2D eigenvalue weighted by atomic mass is 32.1. The Hall–Kier alpha value is -0.670. The first kappa shape index (κ1) is 8.43. The molecule has 0 saturated heterocycles. The molecule has 11 heavy (non-hydrogen) atoms. The summed E-state index contributed by atoms with van der Waals surface area (Å²) < 4.78 is 0. The Kier molecular flexibility index (Phi) is 2.79. The monoisotopic (exact) mass is 168 g/mol. The van der Waals surface area contributed by atoms with Crippen molar-refractivity contribution in [1.82, 2.24) is 4.98 Å². The van der Waals surface area contributed by atoms with E-state index in [4.69, 9.17) is 5.73 Å². The Balaban J connectivity index is 2.78. The minimum Gasteiger partial charge on any atom is -0.327 e. The Morgan fingerprint density at radius 3 is 3.00 bits per heavy atom. The second-order valence-electron chi connectivity index (χ2n) is 2.49. The van der Waals surface area contributed by atoms with Crippen molar-refractivity contribution in [3.8, 4) is 0 Å². The molecular weight excluding hydrogens is 156 g/mol.